The van der Waals surface area contributed by atoms with Crippen molar-refractivity contribution in [3.63, 3.8) is 0 Å². The summed E-state index contributed by atoms with van der Waals surface area (Å²) in [5, 5.41) is 0.182. The van der Waals surface area contributed by atoms with Crippen molar-refractivity contribution in [1.82, 2.24) is 0 Å². The maximum atomic E-state index is 12.2. The van der Waals surface area contributed by atoms with Gasteiger partial charge in [-0.15, -0.1) is 0 Å². The number of benzene rings is 1. The maximum absolute atomic E-state index is 12.2. The molecule has 0 aromatic heterocycles. The maximum Gasteiger partial charge on any atom is 0.348 e. The van der Waals surface area contributed by atoms with Crippen LogP contribution in [-0.4, -0.2) is 29.4 Å². The van der Waals surface area contributed by atoms with Crippen molar-refractivity contribution in [2.45, 2.75) is 45.8 Å². The molecule has 1 atom stereocenters. The van der Waals surface area contributed by atoms with Crippen LogP contribution in [0.1, 0.15) is 44.5 Å². The fourth-order valence-corrected chi connectivity index (χ4v) is 2.23. The molecule has 0 radical (unpaired) electrons. The van der Waals surface area contributed by atoms with Gasteiger partial charge in [-0.3, -0.25) is 4.79 Å². The zero-order chi connectivity index (χ0) is 17.8. The van der Waals surface area contributed by atoms with Gasteiger partial charge in [-0.05, 0) is 39.8 Å². The topological polar surface area (TPSA) is 69.7 Å². The third kappa shape index (κ3) is 6.20. The van der Waals surface area contributed by atoms with E-state index < -0.39 is 23.6 Å². The first-order chi connectivity index (χ1) is 10.5. The van der Waals surface area contributed by atoms with Gasteiger partial charge in [0.1, 0.15) is 11.4 Å². The minimum absolute atomic E-state index is 0.0621. The van der Waals surface area contributed by atoms with Crippen LogP contribution in [-0.2, 0) is 19.1 Å². The summed E-state index contributed by atoms with van der Waals surface area (Å²) in [5.74, 6) is -2.01. The van der Waals surface area contributed by atoms with Crippen molar-refractivity contribution in [2.24, 2.45) is 0 Å². The first-order valence-corrected chi connectivity index (χ1v) is 7.64. The minimum atomic E-state index is -1.36. The van der Waals surface area contributed by atoms with E-state index in [-0.39, 0.29) is 27.8 Å². The van der Waals surface area contributed by atoms with Crippen LogP contribution in [0, 0.1) is 0 Å². The van der Waals surface area contributed by atoms with E-state index in [9.17, 15) is 14.4 Å². The van der Waals surface area contributed by atoms with Crippen LogP contribution in [0.25, 0.3) is 0 Å². The second-order valence-corrected chi connectivity index (χ2v) is 6.74. The molecule has 5 nitrogen and oxygen atoms in total. The third-order valence-electron chi connectivity index (χ3n) is 2.56. The quantitative estimate of drug-likeness (QED) is 0.746. The molecule has 23 heavy (non-hydrogen) atoms. The van der Waals surface area contributed by atoms with Crippen molar-refractivity contribution in [3.05, 3.63) is 33.8 Å². The summed E-state index contributed by atoms with van der Waals surface area (Å²) < 4.78 is 10.3. The number of halogens is 2. The monoisotopic (exact) mass is 360 g/mol. The van der Waals surface area contributed by atoms with Crippen LogP contribution in [0.5, 0.6) is 0 Å². The van der Waals surface area contributed by atoms with E-state index in [0.29, 0.717) is 0 Å². The van der Waals surface area contributed by atoms with Crippen LogP contribution in [0.3, 0.4) is 0 Å². The molecular weight excluding hydrogens is 343 g/mol. The Bertz CT molecular complexity index is 599. The lowest BCUT2D eigenvalue weighted by atomic mass is 10.1. The van der Waals surface area contributed by atoms with Crippen molar-refractivity contribution < 1.29 is 23.9 Å². The van der Waals surface area contributed by atoms with Gasteiger partial charge in [0.25, 0.3) is 0 Å². The van der Waals surface area contributed by atoms with Crippen molar-refractivity contribution in [2.75, 3.05) is 0 Å². The van der Waals surface area contributed by atoms with Gasteiger partial charge >= 0.3 is 11.9 Å². The zero-order valence-corrected chi connectivity index (χ0v) is 14.8. The fraction of sp³-hybridized carbons (Fsp3) is 0.438. The van der Waals surface area contributed by atoms with Crippen molar-refractivity contribution >= 4 is 40.9 Å². The highest BCUT2D eigenvalue weighted by molar-refractivity contribution is 6.39. The molecule has 0 aliphatic carbocycles. The van der Waals surface area contributed by atoms with Gasteiger partial charge in [-0.1, -0.05) is 29.3 Å². The second kappa shape index (κ2) is 7.79. The molecule has 0 aliphatic rings. The van der Waals surface area contributed by atoms with Gasteiger partial charge < -0.3 is 9.47 Å². The van der Waals surface area contributed by atoms with Gasteiger partial charge in [0, 0.05) is 0 Å². The molecule has 1 aromatic carbocycles. The average Bonchev–Trinajstić information content (AvgIpc) is 2.35. The zero-order valence-electron chi connectivity index (χ0n) is 13.3. The first kappa shape index (κ1) is 19.5. The smallest absolute Gasteiger partial charge is 0.348 e. The summed E-state index contributed by atoms with van der Waals surface area (Å²) in [6.07, 6.45) is -1.64. The molecule has 0 spiro atoms. The molecule has 1 rings (SSSR count). The lowest BCUT2D eigenvalue weighted by Gasteiger charge is -2.23. The summed E-state index contributed by atoms with van der Waals surface area (Å²) in [6, 6.07) is 4.51. The number of esters is 2. The highest BCUT2D eigenvalue weighted by Gasteiger charge is 2.31. The van der Waals surface area contributed by atoms with Crippen LogP contribution >= 0.6 is 23.2 Å². The predicted octanol–water partition coefficient (Wildman–Crippen LogP) is 3.84. The van der Waals surface area contributed by atoms with Gasteiger partial charge in [-0.25, -0.2) is 9.59 Å². The van der Waals surface area contributed by atoms with Crippen LogP contribution < -0.4 is 0 Å². The summed E-state index contributed by atoms with van der Waals surface area (Å²) in [7, 11) is 0. The molecule has 0 amide bonds. The number of ether oxygens (including phenoxy) is 2. The average molecular weight is 361 g/mol. The predicted molar refractivity (Wildman–Crippen MR) is 86.8 cm³/mol. The first-order valence-electron chi connectivity index (χ1n) is 6.88. The molecular formula is C16H18Cl2O5. The van der Waals surface area contributed by atoms with E-state index in [1.807, 2.05) is 0 Å². The Morgan fingerprint density at radius 1 is 1.13 bits per heavy atom. The number of carbonyl (C=O) groups excluding carboxylic acids is 3. The molecule has 0 bridgehead atoms. The molecule has 0 aliphatic heterocycles. The summed E-state index contributed by atoms with van der Waals surface area (Å²) in [5.41, 5.74) is -0.839. The van der Waals surface area contributed by atoms with Crippen molar-refractivity contribution in [1.29, 1.82) is 0 Å². The van der Waals surface area contributed by atoms with Crippen LogP contribution in [0.2, 0.25) is 10.0 Å². The number of rotatable bonds is 5. The molecule has 0 heterocycles. The Hall–Kier alpha value is -1.59. The Morgan fingerprint density at radius 2 is 1.65 bits per heavy atom. The van der Waals surface area contributed by atoms with E-state index in [1.54, 1.807) is 26.8 Å². The highest BCUT2D eigenvalue weighted by Crippen LogP contribution is 2.26. The molecule has 0 fully saturated rings. The minimum Gasteiger partial charge on any atom is -0.457 e. The van der Waals surface area contributed by atoms with Gasteiger partial charge in [0.15, 0.2) is 0 Å². The number of Topliss-reactive ketones (excluding diaryl/α,β-unsaturated/α-hetero) is 1. The Labute approximate surface area is 144 Å². The summed E-state index contributed by atoms with van der Waals surface area (Å²) in [4.78, 5) is 35.7. The number of carbonyl (C=O) groups is 3. The summed E-state index contributed by atoms with van der Waals surface area (Å²) in [6.45, 7) is 6.29. The SMILES string of the molecule is CC(=O)CC(OC(=O)c1c(Cl)cccc1Cl)C(=O)OC(C)(C)C. The lowest BCUT2D eigenvalue weighted by molar-refractivity contribution is -0.166. The number of hydrogen-bond acceptors (Lipinski definition) is 5. The third-order valence-corrected chi connectivity index (χ3v) is 3.19. The lowest BCUT2D eigenvalue weighted by Crippen LogP contribution is -2.36. The fourth-order valence-electron chi connectivity index (χ4n) is 1.68. The molecule has 126 valence electrons. The van der Waals surface area contributed by atoms with E-state index in [0.717, 1.165) is 0 Å². The normalized spacial score (nSPS) is 12.4. The van der Waals surface area contributed by atoms with Gasteiger partial charge in [0.05, 0.1) is 22.0 Å². The number of hydrogen-bond donors (Lipinski definition) is 0. The summed E-state index contributed by atoms with van der Waals surface area (Å²) >= 11 is 11.9. The molecule has 1 aromatic rings. The van der Waals surface area contributed by atoms with Gasteiger partial charge in [-0.2, -0.15) is 0 Å². The van der Waals surface area contributed by atoms with E-state index >= 15 is 0 Å². The van der Waals surface area contributed by atoms with E-state index in [4.69, 9.17) is 32.7 Å². The molecule has 7 heteroatoms. The van der Waals surface area contributed by atoms with E-state index in [2.05, 4.69) is 0 Å². The Balaban J connectivity index is 2.99. The van der Waals surface area contributed by atoms with Crippen LogP contribution in [0.4, 0.5) is 0 Å². The molecule has 0 saturated heterocycles. The highest BCUT2D eigenvalue weighted by atomic mass is 35.5. The number of ketones is 1. The standard InChI is InChI=1S/C16H18Cl2O5/c1-9(19)8-12(14(20)23-16(2,3)4)22-15(21)13-10(17)6-5-7-11(13)18/h5-7,12H,8H2,1-4H3. The molecule has 0 N–H and O–H groups in total. The second-order valence-electron chi connectivity index (χ2n) is 5.93. The Kier molecular flexibility index (Phi) is 6.59. The molecule has 0 saturated carbocycles. The van der Waals surface area contributed by atoms with Gasteiger partial charge in [0.2, 0.25) is 6.10 Å². The molecule has 1 unspecified atom stereocenters. The Morgan fingerprint density at radius 3 is 2.09 bits per heavy atom. The van der Waals surface area contributed by atoms with E-state index in [1.165, 1.54) is 19.1 Å². The largest absolute Gasteiger partial charge is 0.457 e. The van der Waals surface area contributed by atoms with Crippen LogP contribution in [0.15, 0.2) is 18.2 Å². The van der Waals surface area contributed by atoms with Crippen molar-refractivity contribution in [3.8, 4) is 0 Å².